The molecule has 2 unspecified atom stereocenters. The van der Waals surface area contributed by atoms with Gasteiger partial charge < -0.3 is 32.6 Å². The van der Waals surface area contributed by atoms with E-state index in [9.17, 15) is 18.2 Å². The van der Waals surface area contributed by atoms with Crippen molar-refractivity contribution in [3.63, 3.8) is 0 Å². The first-order valence-electron chi connectivity index (χ1n) is 18.0. The van der Waals surface area contributed by atoms with E-state index < -0.39 is 10.1 Å². The van der Waals surface area contributed by atoms with Crippen molar-refractivity contribution in [1.29, 1.82) is 5.26 Å². The summed E-state index contributed by atoms with van der Waals surface area (Å²) in [6.07, 6.45) is 2.56. The smallest absolute Gasteiger partial charge is 0.229 e. The van der Waals surface area contributed by atoms with Gasteiger partial charge in [0.1, 0.15) is 24.2 Å². The SMILES string of the molecule is [C-]#[N+]c1c(N=Nc2ccc(N(CC(C)OCCOCC[N+](C)(C)CCCS(=O)(=O)[O-])CC(C)OCC[N+](C)(C)CCCC)cc2C)sc(C#N)c1C. The first-order valence-corrected chi connectivity index (χ1v) is 20.4. The van der Waals surface area contributed by atoms with Gasteiger partial charge in [0.25, 0.3) is 0 Å². The van der Waals surface area contributed by atoms with Crippen LogP contribution in [0.15, 0.2) is 28.4 Å². The van der Waals surface area contributed by atoms with Crippen molar-refractivity contribution in [3.05, 3.63) is 45.6 Å². The molecule has 0 saturated carbocycles. The van der Waals surface area contributed by atoms with Gasteiger partial charge in [0, 0.05) is 31.0 Å². The first kappa shape index (κ1) is 45.2. The Morgan fingerprint density at radius 3 is 2.15 bits per heavy atom. The van der Waals surface area contributed by atoms with E-state index in [1.54, 1.807) is 6.92 Å². The normalized spacial score (nSPS) is 13.6. The van der Waals surface area contributed by atoms with Crippen molar-refractivity contribution in [1.82, 2.24) is 0 Å². The number of unbranched alkanes of at least 4 members (excludes halogenated alkanes) is 1. The number of likely N-dealkylation sites (N-methyl/N-ethyl adjacent to an activating group) is 2. The predicted octanol–water partition coefficient (Wildman–Crippen LogP) is 6.72. The highest BCUT2D eigenvalue weighted by Gasteiger charge is 2.20. The summed E-state index contributed by atoms with van der Waals surface area (Å²) in [4.78, 5) is 6.30. The molecule has 0 aliphatic heterocycles. The number of hydrogen-bond donors (Lipinski definition) is 0. The summed E-state index contributed by atoms with van der Waals surface area (Å²) in [6.45, 7) is 24.2. The second-order valence-electron chi connectivity index (χ2n) is 14.7. The molecular formula is C37H60N7O6S2+. The van der Waals surface area contributed by atoms with E-state index in [-0.39, 0.29) is 18.0 Å². The Bertz CT molecular complexity index is 1630. The molecular weight excluding hydrogens is 703 g/mol. The van der Waals surface area contributed by atoms with Crippen LogP contribution in [0.25, 0.3) is 4.85 Å². The summed E-state index contributed by atoms with van der Waals surface area (Å²) < 4.78 is 52.5. The minimum atomic E-state index is -4.20. The lowest BCUT2D eigenvalue weighted by Gasteiger charge is -2.32. The minimum Gasteiger partial charge on any atom is -0.748 e. The van der Waals surface area contributed by atoms with Gasteiger partial charge in [-0.25, -0.2) is 13.3 Å². The molecule has 0 fully saturated rings. The summed E-state index contributed by atoms with van der Waals surface area (Å²) >= 11 is 1.17. The maximum absolute atomic E-state index is 10.9. The lowest BCUT2D eigenvalue weighted by Crippen LogP contribution is -2.44. The Morgan fingerprint density at radius 1 is 0.962 bits per heavy atom. The number of thiophene rings is 1. The quantitative estimate of drug-likeness (QED) is 0.0357. The highest BCUT2D eigenvalue weighted by Crippen LogP contribution is 2.42. The van der Waals surface area contributed by atoms with Gasteiger partial charge >= 0.3 is 0 Å². The Labute approximate surface area is 316 Å². The van der Waals surface area contributed by atoms with Crippen molar-refractivity contribution >= 4 is 43.5 Å². The molecule has 13 nitrogen and oxygen atoms in total. The zero-order valence-electron chi connectivity index (χ0n) is 32.7. The average Bonchev–Trinajstić information content (AvgIpc) is 3.37. The van der Waals surface area contributed by atoms with Crippen molar-refractivity contribution in [2.24, 2.45) is 10.2 Å². The van der Waals surface area contributed by atoms with Crippen molar-refractivity contribution in [3.8, 4) is 6.07 Å². The van der Waals surface area contributed by atoms with E-state index in [1.807, 2.05) is 40.1 Å². The number of aryl methyl sites for hydroxylation is 1. The Morgan fingerprint density at radius 2 is 1.58 bits per heavy atom. The number of quaternary nitrogens is 2. The number of ether oxygens (including phenoxy) is 3. The molecule has 2 atom stereocenters. The molecule has 0 amide bonds. The van der Waals surface area contributed by atoms with Crippen molar-refractivity contribution < 1.29 is 36.1 Å². The molecule has 0 aliphatic rings. The van der Waals surface area contributed by atoms with E-state index in [0.717, 1.165) is 28.8 Å². The van der Waals surface area contributed by atoms with Gasteiger partial charge in [-0.2, -0.15) is 15.5 Å². The fourth-order valence-electron chi connectivity index (χ4n) is 5.56. The number of anilines is 1. The number of azo groups is 1. The second kappa shape index (κ2) is 21.6. The largest absolute Gasteiger partial charge is 0.748 e. The Kier molecular flexibility index (Phi) is 18.8. The molecule has 2 rings (SSSR count). The molecule has 0 spiro atoms. The van der Waals surface area contributed by atoms with Crippen molar-refractivity contribution in [2.75, 3.05) is 105 Å². The Balaban J connectivity index is 2.06. The van der Waals surface area contributed by atoms with Crippen LogP contribution in [0, 0.1) is 31.8 Å². The van der Waals surface area contributed by atoms with E-state index in [0.29, 0.717) is 90.3 Å². The van der Waals surface area contributed by atoms with E-state index in [1.165, 1.54) is 24.2 Å². The van der Waals surface area contributed by atoms with Crippen LogP contribution in [0.5, 0.6) is 0 Å². The molecule has 0 bridgehead atoms. The number of benzene rings is 1. The molecule has 1 aromatic heterocycles. The molecule has 0 N–H and O–H groups in total. The molecule has 1 aromatic carbocycles. The molecule has 2 aromatic rings. The highest BCUT2D eigenvalue weighted by atomic mass is 32.2. The summed E-state index contributed by atoms with van der Waals surface area (Å²) in [5.74, 6) is -0.347. The zero-order chi connectivity index (χ0) is 39.0. The van der Waals surface area contributed by atoms with Crippen LogP contribution < -0.4 is 4.90 Å². The molecule has 1 heterocycles. The van der Waals surface area contributed by atoms with Gasteiger partial charge in [-0.05, 0) is 63.4 Å². The lowest BCUT2D eigenvalue weighted by atomic mass is 10.1. The fourth-order valence-corrected chi connectivity index (χ4v) is 6.91. The predicted molar refractivity (Wildman–Crippen MR) is 207 cm³/mol. The van der Waals surface area contributed by atoms with Crippen molar-refractivity contribution in [2.45, 2.75) is 66.1 Å². The van der Waals surface area contributed by atoms with Crippen LogP contribution in [0.2, 0.25) is 0 Å². The summed E-state index contributed by atoms with van der Waals surface area (Å²) in [6, 6.07) is 8.13. The molecule has 290 valence electrons. The average molecular weight is 763 g/mol. The molecule has 52 heavy (non-hydrogen) atoms. The molecule has 0 aliphatic carbocycles. The summed E-state index contributed by atoms with van der Waals surface area (Å²) in [7, 11) is 4.28. The number of nitriles is 1. The second-order valence-corrected chi connectivity index (χ2v) is 17.2. The van der Waals surface area contributed by atoms with Crippen LogP contribution in [-0.2, 0) is 24.3 Å². The van der Waals surface area contributed by atoms with Crippen LogP contribution in [0.1, 0.15) is 56.0 Å². The topological polar surface area (TPSA) is 141 Å². The maximum atomic E-state index is 10.9. The van der Waals surface area contributed by atoms with Crippen LogP contribution in [0.4, 0.5) is 22.1 Å². The number of nitrogens with zero attached hydrogens (tertiary/aromatic N) is 7. The molecule has 0 radical (unpaired) electrons. The maximum Gasteiger partial charge on any atom is 0.229 e. The van der Waals surface area contributed by atoms with Gasteiger partial charge in [0.15, 0.2) is 0 Å². The van der Waals surface area contributed by atoms with Crippen LogP contribution in [-0.4, -0.2) is 134 Å². The highest BCUT2D eigenvalue weighted by molar-refractivity contribution is 7.85. The van der Waals surface area contributed by atoms with Gasteiger partial charge in [-0.15, -0.1) is 11.3 Å². The third-order valence-corrected chi connectivity index (χ3v) is 10.8. The third-order valence-electron chi connectivity index (χ3n) is 8.90. The fraction of sp³-hybridized carbons (Fsp3) is 0.676. The van der Waals surface area contributed by atoms with Gasteiger partial charge in [0.05, 0.1) is 107 Å². The Hall–Kier alpha value is -2.99. The molecule has 15 heteroatoms. The lowest BCUT2D eigenvalue weighted by molar-refractivity contribution is -0.891. The minimum absolute atomic E-state index is 0.0277. The van der Waals surface area contributed by atoms with E-state index in [2.05, 4.69) is 60.1 Å². The van der Waals surface area contributed by atoms with Gasteiger partial charge in [-0.3, -0.25) is 0 Å². The summed E-state index contributed by atoms with van der Waals surface area (Å²) in [5, 5.41) is 18.6. The van der Waals surface area contributed by atoms with Crippen LogP contribution in [0.3, 0.4) is 0 Å². The number of hydrogen-bond acceptors (Lipinski definition) is 11. The van der Waals surface area contributed by atoms with Crippen LogP contribution >= 0.6 is 11.3 Å². The monoisotopic (exact) mass is 762 g/mol. The third kappa shape index (κ3) is 16.8. The molecule has 0 saturated heterocycles. The summed E-state index contributed by atoms with van der Waals surface area (Å²) in [5.41, 5.74) is 3.60. The standard InChI is InChI=1S/C37H60N7O6S2/c1-11-12-16-43(7,8)19-21-49-30(3)27-42(28-31(4)50-23-22-48-20-18-44(9,10)17-13-24-52(45,46)47)33-14-15-34(29(2)25-33)40-41-37-36(39-6)32(5)35(26-38)51-37/h14-15,25,30-31H,11-13,16-24,27-28H2,1-5,7-10H3/q+1. The number of rotatable bonds is 25. The van der Waals surface area contributed by atoms with E-state index >= 15 is 0 Å². The van der Waals surface area contributed by atoms with Gasteiger partial charge in [0.2, 0.25) is 5.69 Å². The first-order chi connectivity index (χ1) is 24.4. The zero-order valence-corrected chi connectivity index (χ0v) is 34.3. The van der Waals surface area contributed by atoms with E-state index in [4.69, 9.17) is 20.8 Å². The van der Waals surface area contributed by atoms with Gasteiger partial charge in [-0.1, -0.05) is 13.3 Å².